The molecule has 106 valence electrons. The number of benzene rings is 1. The van der Waals surface area contributed by atoms with Gasteiger partial charge >= 0.3 is 0 Å². The van der Waals surface area contributed by atoms with Crippen LogP contribution in [-0.2, 0) is 0 Å². The summed E-state index contributed by atoms with van der Waals surface area (Å²) in [5.41, 5.74) is 1.03. The second kappa shape index (κ2) is 5.52. The van der Waals surface area contributed by atoms with Crippen LogP contribution in [0.25, 0.3) is 16.3 Å². The first kappa shape index (κ1) is 14.1. The summed E-state index contributed by atoms with van der Waals surface area (Å²) in [7, 11) is 0. The van der Waals surface area contributed by atoms with Crippen LogP contribution in [0.1, 0.15) is 10.5 Å². The summed E-state index contributed by atoms with van der Waals surface area (Å²) in [6.45, 7) is 0. The van der Waals surface area contributed by atoms with Crippen LogP contribution >= 0.6 is 34.5 Å². The second-order valence-corrected chi connectivity index (χ2v) is 5.95. The van der Waals surface area contributed by atoms with Crippen LogP contribution in [0.15, 0.2) is 41.8 Å². The summed E-state index contributed by atoms with van der Waals surface area (Å²) in [6, 6.07) is 10.0. The van der Waals surface area contributed by atoms with Crippen LogP contribution in [0, 0.1) is 0 Å². The summed E-state index contributed by atoms with van der Waals surface area (Å²) in [5.74, 6) is -1.31. The van der Waals surface area contributed by atoms with E-state index in [0.29, 0.717) is 21.4 Å². The standard InChI is InChI=1S/C14H8Cl2N2O2S/c15-9-4-3-8(6-10(9)16)18-12(14(19)20)7-11(17-18)13-2-1-5-21-13/h1-7H,(H,19,20)/p-1. The van der Waals surface area contributed by atoms with Gasteiger partial charge in [0.25, 0.3) is 0 Å². The van der Waals surface area contributed by atoms with Crippen LogP contribution in [0.2, 0.25) is 10.0 Å². The van der Waals surface area contributed by atoms with E-state index < -0.39 is 5.97 Å². The molecule has 3 aromatic rings. The number of nitrogens with zero attached hydrogens (tertiary/aromatic N) is 2. The Hall–Kier alpha value is -1.82. The van der Waals surface area contributed by atoms with Gasteiger partial charge in [0.2, 0.25) is 0 Å². The number of hydrogen-bond donors (Lipinski definition) is 0. The highest BCUT2D eigenvalue weighted by Gasteiger charge is 2.13. The highest BCUT2D eigenvalue weighted by atomic mass is 35.5. The molecule has 1 aromatic carbocycles. The predicted octanol–water partition coefficient (Wildman–Crippen LogP) is 3.27. The Balaban J connectivity index is 2.16. The molecule has 4 nitrogen and oxygen atoms in total. The minimum Gasteiger partial charge on any atom is -0.543 e. The third-order valence-corrected chi connectivity index (χ3v) is 4.47. The zero-order valence-corrected chi connectivity index (χ0v) is 12.7. The fraction of sp³-hybridized carbons (Fsp3) is 0. The number of aromatic nitrogens is 2. The molecule has 0 N–H and O–H groups in total. The summed E-state index contributed by atoms with van der Waals surface area (Å²) >= 11 is 13.3. The molecule has 3 rings (SSSR count). The average Bonchev–Trinajstić information content (AvgIpc) is 3.09. The van der Waals surface area contributed by atoms with Gasteiger partial charge in [-0.25, -0.2) is 4.68 Å². The number of rotatable bonds is 3. The molecule has 0 amide bonds. The Morgan fingerprint density at radius 1 is 1.19 bits per heavy atom. The third-order valence-electron chi connectivity index (χ3n) is 2.84. The van der Waals surface area contributed by atoms with E-state index in [1.54, 1.807) is 18.2 Å². The number of hydrogen-bond acceptors (Lipinski definition) is 4. The molecular formula is C14H7Cl2N2O2S-. The molecule has 0 unspecified atom stereocenters. The van der Waals surface area contributed by atoms with Crippen molar-refractivity contribution in [1.29, 1.82) is 0 Å². The molecule has 7 heteroatoms. The zero-order valence-electron chi connectivity index (χ0n) is 10.4. The van der Waals surface area contributed by atoms with Crippen molar-refractivity contribution in [3.63, 3.8) is 0 Å². The van der Waals surface area contributed by atoms with E-state index in [9.17, 15) is 9.90 Å². The minimum atomic E-state index is -1.31. The fourth-order valence-electron chi connectivity index (χ4n) is 1.88. The highest BCUT2D eigenvalue weighted by Crippen LogP contribution is 2.28. The molecule has 0 saturated heterocycles. The number of carboxylic acids is 1. The lowest BCUT2D eigenvalue weighted by Crippen LogP contribution is -2.25. The van der Waals surface area contributed by atoms with Crippen LogP contribution in [0.5, 0.6) is 0 Å². The Labute approximate surface area is 134 Å². The molecule has 0 atom stereocenters. The van der Waals surface area contributed by atoms with E-state index >= 15 is 0 Å². The van der Waals surface area contributed by atoms with Gasteiger partial charge in [-0.2, -0.15) is 5.10 Å². The van der Waals surface area contributed by atoms with Gasteiger partial charge < -0.3 is 9.90 Å². The predicted molar refractivity (Wildman–Crippen MR) is 81.2 cm³/mol. The highest BCUT2D eigenvalue weighted by molar-refractivity contribution is 7.13. The van der Waals surface area contributed by atoms with E-state index in [1.165, 1.54) is 22.1 Å². The second-order valence-electron chi connectivity index (χ2n) is 4.19. The summed E-state index contributed by atoms with van der Waals surface area (Å²) < 4.78 is 1.28. The maximum absolute atomic E-state index is 11.3. The van der Waals surface area contributed by atoms with Gasteiger partial charge in [0.05, 0.1) is 32.3 Å². The van der Waals surface area contributed by atoms with Crippen LogP contribution in [0.4, 0.5) is 0 Å². The molecule has 0 aliphatic heterocycles. The average molecular weight is 338 g/mol. The van der Waals surface area contributed by atoms with Crippen molar-refractivity contribution in [1.82, 2.24) is 9.78 Å². The normalized spacial score (nSPS) is 10.8. The molecule has 0 aliphatic rings. The molecule has 2 aromatic heterocycles. The maximum Gasteiger partial charge on any atom is 0.103 e. The van der Waals surface area contributed by atoms with Crippen molar-refractivity contribution in [2.24, 2.45) is 0 Å². The minimum absolute atomic E-state index is 0.0446. The fourth-order valence-corrected chi connectivity index (χ4v) is 2.86. The lowest BCUT2D eigenvalue weighted by Gasteiger charge is -2.08. The molecule has 0 saturated carbocycles. The van der Waals surface area contributed by atoms with Gasteiger partial charge in [0.15, 0.2) is 0 Å². The number of carbonyl (C=O) groups is 1. The third kappa shape index (κ3) is 2.68. The molecule has 2 heterocycles. The van der Waals surface area contributed by atoms with Gasteiger partial charge in [-0.15, -0.1) is 11.3 Å². The van der Waals surface area contributed by atoms with Crippen LogP contribution < -0.4 is 5.11 Å². The molecule has 0 radical (unpaired) electrons. The molecule has 0 spiro atoms. The number of thiophene rings is 1. The molecule has 21 heavy (non-hydrogen) atoms. The Bertz CT molecular complexity index is 813. The van der Waals surface area contributed by atoms with Crippen molar-refractivity contribution in [3.8, 4) is 16.3 Å². The number of carbonyl (C=O) groups excluding carboxylic acids is 1. The van der Waals surface area contributed by atoms with E-state index in [4.69, 9.17) is 23.2 Å². The Morgan fingerprint density at radius 3 is 2.62 bits per heavy atom. The van der Waals surface area contributed by atoms with Crippen molar-refractivity contribution in [2.45, 2.75) is 0 Å². The maximum atomic E-state index is 11.3. The molecular weight excluding hydrogens is 331 g/mol. The molecule has 0 aliphatic carbocycles. The van der Waals surface area contributed by atoms with Gasteiger partial charge in [0.1, 0.15) is 5.69 Å². The largest absolute Gasteiger partial charge is 0.543 e. The number of halogens is 2. The van der Waals surface area contributed by atoms with Gasteiger partial charge in [-0.3, -0.25) is 0 Å². The van der Waals surface area contributed by atoms with Crippen LogP contribution in [-0.4, -0.2) is 15.7 Å². The first-order valence-corrected chi connectivity index (χ1v) is 7.50. The Kier molecular flexibility index (Phi) is 3.71. The molecule has 0 bridgehead atoms. The van der Waals surface area contributed by atoms with Crippen LogP contribution in [0.3, 0.4) is 0 Å². The van der Waals surface area contributed by atoms with Gasteiger partial charge in [-0.1, -0.05) is 29.3 Å². The van der Waals surface area contributed by atoms with E-state index in [2.05, 4.69) is 5.10 Å². The van der Waals surface area contributed by atoms with Crippen molar-refractivity contribution in [2.75, 3.05) is 0 Å². The quantitative estimate of drug-likeness (QED) is 0.736. The number of aromatic carboxylic acids is 1. The van der Waals surface area contributed by atoms with E-state index in [1.807, 2.05) is 17.5 Å². The lowest BCUT2D eigenvalue weighted by molar-refractivity contribution is -0.255. The van der Waals surface area contributed by atoms with Gasteiger partial charge in [-0.05, 0) is 35.7 Å². The van der Waals surface area contributed by atoms with E-state index in [0.717, 1.165) is 4.88 Å². The first-order chi connectivity index (χ1) is 10.1. The van der Waals surface area contributed by atoms with Crippen molar-refractivity contribution < 1.29 is 9.90 Å². The summed E-state index contributed by atoms with van der Waals surface area (Å²) in [4.78, 5) is 12.2. The van der Waals surface area contributed by atoms with E-state index in [-0.39, 0.29) is 5.69 Å². The summed E-state index contributed by atoms with van der Waals surface area (Å²) in [6.07, 6.45) is 0. The van der Waals surface area contributed by atoms with Crippen molar-refractivity contribution >= 4 is 40.5 Å². The van der Waals surface area contributed by atoms with Gasteiger partial charge in [0, 0.05) is 0 Å². The topological polar surface area (TPSA) is 57.9 Å². The van der Waals surface area contributed by atoms with Crippen molar-refractivity contribution in [3.05, 3.63) is 57.5 Å². The SMILES string of the molecule is O=C([O-])c1cc(-c2cccs2)nn1-c1ccc(Cl)c(Cl)c1. The Morgan fingerprint density at radius 2 is 2.00 bits per heavy atom. The zero-order chi connectivity index (χ0) is 15.0. The smallest absolute Gasteiger partial charge is 0.103 e. The lowest BCUT2D eigenvalue weighted by atomic mass is 10.3. The first-order valence-electron chi connectivity index (χ1n) is 5.87. The summed E-state index contributed by atoms with van der Waals surface area (Å²) in [5, 5.41) is 18.2. The monoisotopic (exact) mass is 337 g/mol. The number of carboxylic acid groups (broad SMARTS) is 1. The molecule has 0 fully saturated rings.